The highest BCUT2D eigenvalue weighted by Gasteiger charge is 2.31. The summed E-state index contributed by atoms with van der Waals surface area (Å²) in [5, 5.41) is 3.53. The van der Waals surface area contributed by atoms with Crippen LogP contribution in [0.25, 0.3) is 0 Å². The van der Waals surface area contributed by atoms with Gasteiger partial charge >= 0.3 is 0 Å². The number of benzene rings is 1. The molecule has 0 amide bonds. The van der Waals surface area contributed by atoms with Gasteiger partial charge < -0.3 is 14.8 Å². The van der Waals surface area contributed by atoms with Crippen molar-refractivity contribution >= 4 is 0 Å². The van der Waals surface area contributed by atoms with Gasteiger partial charge in [0, 0.05) is 18.5 Å². The molecule has 2 aliphatic rings. The Labute approximate surface area is 108 Å². The second kappa shape index (κ2) is 5.19. The maximum Gasteiger partial charge on any atom is 0.165 e. The summed E-state index contributed by atoms with van der Waals surface area (Å²) < 4.78 is 11.5. The van der Waals surface area contributed by atoms with Crippen molar-refractivity contribution < 1.29 is 9.47 Å². The molecule has 1 aliphatic carbocycles. The van der Waals surface area contributed by atoms with Crippen molar-refractivity contribution in [2.75, 3.05) is 19.8 Å². The van der Waals surface area contributed by atoms with E-state index in [4.69, 9.17) is 9.47 Å². The first-order valence-corrected chi connectivity index (χ1v) is 6.93. The van der Waals surface area contributed by atoms with Gasteiger partial charge in [0.25, 0.3) is 0 Å². The van der Waals surface area contributed by atoms with Gasteiger partial charge in [-0.3, -0.25) is 0 Å². The largest absolute Gasteiger partial charge is 0.490 e. The highest BCUT2D eigenvalue weighted by molar-refractivity contribution is 5.47. The Morgan fingerprint density at radius 2 is 2.11 bits per heavy atom. The molecule has 1 aliphatic heterocycles. The van der Waals surface area contributed by atoms with Gasteiger partial charge in [0.15, 0.2) is 11.5 Å². The number of hydrogen-bond acceptors (Lipinski definition) is 3. The van der Waals surface area contributed by atoms with Gasteiger partial charge in [0.1, 0.15) is 0 Å². The summed E-state index contributed by atoms with van der Waals surface area (Å²) in [4.78, 5) is 0. The summed E-state index contributed by atoms with van der Waals surface area (Å²) in [5.41, 5.74) is 1.21. The van der Waals surface area contributed by atoms with E-state index in [1.165, 1.54) is 12.0 Å². The van der Waals surface area contributed by atoms with E-state index in [-0.39, 0.29) is 0 Å². The van der Waals surface area contributed by atoms with Crippen molar-refractivity contribution in [3.05, 3.63) is 23.8 Å². The minimum absolute atomic E-state index is 0.753. The zero-order valence-electron chi connectivity index (χ0n) is 10.9. The van der Waals surface area contributed by atoms with E-state index in [0.717, 1.165) is 56.1 Å². The number of para-hydroxylation sites is 1. The topological polar surface area (TPSA) is 30.5 Å². The predicted octanol–water partition coefficient (Wildman–Crippen LogP) is 2.59. The molecule has 18 heavy (non-hydrogen) atoms. The summed E-state index contributed by atoms with van der Waals surface area (Å²) in [6.07, 6.45) is 2.33. The van der Waals surface area contributed by atoms with Crippen LogP contribution in [0.15, 0.2) is 18.2 Å². The van der Waals surface area contributed by atoms with Crippen LogP contribution >= 0.6 is 0 Å². The zero-order chi connectivity index (χ0) is 12.4. The lowest BCUT2D eigenvalue weighted by Gasteiger charge is -2.13. The summed E-state index contributed by atoms with van der Waals surface area (Å²) in [5.74, 6) is 3.62. The van der Waals surface area contributed by atoms with Crippen LogP contribution in [0.2, 0.25) is 0 Å². The van der Waals surface area contributed by atoms with Gasteiger partial charge in [-0.05, 0) is 30.9 Å². The molecule has 2 atom stereocenters. The summed E-state index contributed by atoms with van der Waals surface area (Å²) in [7, 11) is 0. The minimum Gasteiger partial charge on any atom is -0.490 e. The summed E-state index contributed by atoms with van der Waals surface area (Å²) >= 11 is 0. The molecule has 1 heterocycles. The summed E-state index contributed by atoms with van der Waals surface area (Å²) in [6, 6.07) is 6.16. The lowest BCUT2D eigenvalue weighted by atomic mass is 10.2. The molecule has 0 aromatic heterocycles. The Kier molecular flexibility index (Phi) is 3.41. The zero-order valence-corrected chi connectivity index (χ0v) is 10.9. The molecule has 1 aromatic carbocycles. The molecule has 1 N–H and O–H groups in total. The van der Waals surface area contributed by atoms with E-state index >= 15 is 0 Å². The van der Waals surface area contributed by atoms with Crippen molar-refractivity contribution in [1.29, 1.82) is 0 Å². The second-order valence-electron chi connectivity index (χ2n) is 5.40. The maximum absolute atomic E-state index is 5.81. The van der Waals surface area contributed by atoms with Gasteiger partial charge in [0.2, 0.25) is 0 Å². The Morgan fingerprint density at radius 3 is 2.94 bits per heavy atom. The standard InChI is InChI=1S/C15H21NO2/c1-11-8-13(11)10-16-9-12-4-2-5-14-15(12)18-7-3-6-17-14/h2,4-5,11,13,16H,3,6-10H2,1H3. The molecule has 3 rings (SSSR count). The van der Waals surface area contributed by atoms with E-state index in [1.807, 2.05) is 12.1 Å². The lowest BCUT2D eigenvalue weighted by Crippen LogP contribution is -2.17. The fraction of sp³-hybridized carbons (Fsp3) is 0.600. The van der Waals surface area contributed by atoms with Gasteiger partial charge in [-0.2, -0.15) is 0 Å². The molecule has 98 valence electrons. The molecule has 0 bridgehead atoms. The molecule has 0 saturated heterocycles. The number of ether oxygens (including phenoxy) is 2. The van der Waals surface area contributed by atoms with Crippen molar-refractivity contribution in [1.82, 2.24) is 5.32 Å². The highest BCUT2D eigenvalue weighted by atomic mass is 16.5. The van der Waals surface area contributed by atoms with E-state index in [2.05, 4.69) is 18.3 Å². The number of fused-ring (bicyclic) bond motifs is 1. The lowest BCUT2D eigenvalue weighted by molar-refractivity contribution is 0.296. The number of nitrogens with one attached hydrogen (secondary N) is 1. The van der Waals surface area contributed by atoms with Crippen LogP contribution in [0.5, 0.6) is 11.5 Å². The van der Waals surface area contributed by atoms with E-state index < -0.39 is 0 Å². The van der Waals surface area contributed by atoms with E-state index in [1.54, 1.807) is 0 Å². The van der Waals surface area contributed by atoms with Crippen LogP contribution < -0.4 is 14.8 Å². The molecular weight excluding hydrogens is 226 g/mol. The Bertz CT molecular complexity index is 419. The number of hydrogen-bond donors (Lipinski definition) is 1. The monoisotopic (exact) mass is 247 g/mol. The smallest absolute Gasteiger partial charge is 0.165 e. The SMILES string of the molecule is CC1CC1CNCc1cccc2c1OCCCO2. The van der Waals surface area contributed by atoms with Gasteiger partial charge in [-0.25, -0.2) is 0 Å². The average Bonchev–Trinajstić information content (AvgIpc) is 3.11. The molecule has 2 unspecified atom stereocenters. The third kappa shape index (κ3) is 2.61. The molecule has 1 aromatic rings. The Hall–Kier alpha value is -1.22. The summed E-state index contributed by atoms with van der Waals surface area (Å²) in [6.45, 7) is 5.81. The van der Waals surface area contributed by atoms with Crippen LogP contribution in [0, 0.1) is 11.8 Å². The van der Waals surface area contributed by atoms with Crippen molar-refractivity contribution in [2.24, 2.45) is 11.8 Å². The van der Waals surface area contributed by atoms with Crippen LogP contribution in [0.1, 0.15) is 25.3 Å². The molecule has 0 radical (unpaired) electrons. The normalized spacial score (nSPS) is 25.6. The van der Waals surface area contributed by atoms with E-state index in [0.29, 0.717) is 0 Å². The van der Waals surface area contributed by atoms with E-state index in [9.17, 15) is 0 Å². The molecule has 1 fully saturated rings. The maximum atomic E-state index is 5.81. The van der Waals surface area contributed by atoms with Crippen molar-refractivity contribution in [3.63, 3.8) is 0 Å². The Balaban J connectivity index is 1.63. The predicted molar refractivity (Wildman–Crippen MR) is 71.0 cm³/mol. The molecular formula is C15H21NO2. The first-order valence-electron chi connectivity index (χ1n) is 6.93. The van der Waals surface area contributed by atoms with Gasteiger partial charge in [0.05, 0.1) is 13.2 Å². The van der Waals surface area contributed by atoms with Crippen LogP contribution in [-0.4, -0.2) is 19.8 Å². The molecule has 3 heteroatoms. The fourth-order valence-electron chi connectivity index (χ4n) is 2.47. The minimum atomic E-state index is 0.753. The van der Waals surface area contributed by atoms with Crippen LogP contribution in [0.3, 0.4) is 0 Å². The van der Waals surface area contributed by atoms with Crippen molar-refractivity contribution in [2.45, 2.75) is 26.3 Å². The number of rotatable bonds is 4. The quantitative estimate of drug-likeness (QED) is 0.887. The Morgan fingerprint density at radius 1 is 1.28 bits per heavy atom. The molecule has 0 spiro atoms. The first-order chi connectivity index (χ1) is 8.84. The van der Waals surface area contributed by atoms with Gasteiger partial charge in [-0.1, -0.05) is 19.1 Å². The third-order valence-corrected chi connectivity index (χ3v) is 3.85. The van der Waals surface area contributed by atoms with Crippen molar-refractivity contribution in [3.8, 4) is 11.5 Å². The van der Waals surface area contributed by atoms with Crippen LogP contribution in [-0.2, 0) is 6.54 Å². The average molecular weight is 247 g/mol. The molecule has 1 saturated carbocycles. The first kappa shape index (κ1) is 11.8. The molecule has 3 nitrogen and oxygen atoms in total. The highest BCUT2D eigenvalue weighted by Crippen LogP contribution is 2.37. The van der Waals surface area contributed by atoms with Gasteiger partial charge in [-0.15, -0.1) is 0 Å². The van der Waals surface area contributed by atoms with Crippen LogP contribution in [0.4, 0.5) is 0 Å². The third-order valence-electron chi connectivity index (χ3n) is 3.85. The fourth-order valence-corrected chi connectivity index (χ4v) is 2.47. The second-order valence-corrected chi connectivity index (χ2v) is 5.40.